The zero-order valence-corrected chi connectivity index (χ0v) is 15.3. The summed E-state index contributed by atoms with van der Waals surface area (Å²) < 4.78 is 0.536. The van der Waals surface area contributed by atoms with Crippen LogP contribution in [0, 0.1) is 0 Å². The van der Waals surface area contributed by atoms with E-state index in [2.05, 4.69) is 31.4 Å². The van der Waals surface area contributed by atoms with Gasteiger partial charge >= 0.3 is 5.97 Å². The van der Waals surface area contributed by atoms with E-state index in [0.717, 1.165) is 5.01 Å². The van der Waals surface area contributed by atoms with Gasteiger partial charge in [-0.15, -0.1) is 10.2 Å². The molecule has 2 aromatic rings. The molecule has 8 heteroatoms. The number of carbonyl (C=O) groups is 2. The van der Waals surface area contributed by atoms with E-state index >= 15 is 0 Å². The molecule has 1 amide bonds. The maximum Gasteiger partial charge on any atom is 0.335 e. The van der Waals surface area contributed by atoms with E-state index in [9.17, 15) is 9.59 Å². The molecule has 0 aliphatic heterocycles. The van der Waals surface area contributed by atoms with Crippen molar-refractivity contribution in [3.63, 3.8) is 0 Å². The second-order valence-electron chi connectivity index (χ2n) is 5.97. The number of carboxylic acid groups (broad SMARTS) is 1. The largest absolute Gasteiger partial charge is 0.478 e. The summed E-state index contributed by atoms with van der Waals surface area (Å²) in [4.78, 5) is 23.2. The molecule has 1 heterocycles. The number of carboxylic acids is 1. The number of nitrogens with zero attached hydrogens (tertiary/aromatic N) is 2. The minimum Gasteiger partial charge on any atom is -0.478 e. The number of carbonyl (C=O) groups excluding carboxylic acids is 1. The lowest BCUT2D eigenvalue weighted by molar-refractivity contribution is 0.0697. The first kappa shape index (κ1) is 17.6. The Bertz CT molecular complexity index is 753. The quantitative estimate of drug-likeness (QED) is 0.825. The molecule has 0 aliphatic rings. The standard InChI is InChI=1S/C15H16BrN3O3S/c1-15(2,3)14-19-18-11(23-14)7-17-12(20)8-4-9(13(21)22)6-10(16)5-8/h4-6H,7H2,1-3H3,(H,17,20)(H,21,22). The number of rotatable bonds is 4. The first-order valence-electron chi connectivity index (χ1n) is 6.82. The second kappa shape index (κ2) is 6.76. The molecular weight excluding hydrogens is 382 g/mol. The molecule has 2 rings (SSSR count). The van der Waals surface area contributed by atoms with E-state index in [-0.39, 0.29) is 29.0 Å². The summed E-state index contributed by atoms with van der Waals surface area (Å²) in [7, 11) is 0. The highest BCUT2D eigenvalue weighted by Crippen LogP contribution is 2.25. The minimum atomic E-state index is -1.08. The summed E-state index contributed by atoms with van der Waals surface area (Å²) in [5.74, 6) is -1.44. The van der Waals surface area contributed by atoms with Crippen LogP contribution in [0.15, 0.2) is 22.7 Å². The summed E-state index contributed by atoms with van der Waals surface area (Å²) in [6, 6.07) is 4.35. The average molecular weight is 398 g/mol. The van der Waals surface area contributed by atoms with Crippen molar-refractivity contribution in [1.29, 1.82) is 0 Å². The molecule has 0 atom stereocenters. The Labute approximate surface area is 146 Å². The molecule has 122 valence electrons. The van der Waals surface area contributed by atoms with Crippen molar-refractivity contribution >= 4 is 39.1 Å². The second-order valence-corrected chi connectivity index (χ2v) is 7.95. The first-order valence-corrected chi connectivity index (χ1v) is 8.42. The third-order valence-corrected chi connectivity index (χ3v) is 4.72. The van der Waals surface area contributed by atoms with Crippen LogP contribution in [0.2, 0.25) is 0 Å². The monoisotopic (exact) mass is 397 g/mol. The van der Waals surface area contributed by atoms with Gasteiger partial charge in [-0.05, 0) is 18.2 Å². The number of benzene rings is 1. The topological polar surface area (TPSA) is 92.2 Å². The fourth-order valence-electron chi connectivity index (χ4n) is 1.73. The summed E-state index contributed by atoms with van der Waals surface area (Å²) in [5, 5.41) is 21.6. The smallest absolute Gasteiger partial charge is 0.335 e. The molecule has 0 bridgehead atoms. The maximum absolute atomic E-state index is 12.2. The van der Waals surface area contributed by atoms with Crippen LogP contribution in [0.4, 0.5) is 0 Å². The highest BCUT2D eigenvalue weighted by molar-refractivity contribution is 9.10. The van der Waals surface area contributed by atoms with Gasteiger partial charge in [0.2, 0.25) is 0 Å². The molecule has 0 saturated heterocycles. The summed E-state index contributed by atoms with van der Waals surface area (Å²) in [6.45, 7) is 6.39. The molecule has 0 aliphatic carbocycles. The maximum atomic E-state index is 12.2. The molecule has 0 unspecified atom stereocenters. The normalized spacial score (nSPS) is 11.3. The zero-order chi connectivity index (χ0) is 17.2. The highest BCUT2D eigenvalue weighted by Gasteiger charge is 2.19. The molecule has 1 aromatic heterocycles. The van der Waals surface area contributed by atoms with Crippen LogP contribution in [0.5, 0.6) is 0 Å². The molecule has 0 saturated carbocycles. The number of halogens is 1. The van der Waals surface area contributed by atoms with E-state index in [1.807, 2.05) is 20.8 Å². The number of hydrogen-bond donors (Lipinski definition) is 2. The Kier molecular flexibility index (Phi) is 5.16. The van der Waals surface area contributed by atoms with Gasteiger partial charge in [-0.3, -0.25) is 4.79 Å². The van der Waals surface area contributed by atoms with E-state index in [0.29, 0.717) is 9.48 Å². The van der Waals surface area contributed by atoms with Crippen molar-refractivity contribution in [2.45, 2.75) is 32.7 Å². The molecule has 0 spiro atoms. The molecule has 6 nitrogen and oxygen atoms in total. The number of aromatic nitrogens is 2. The van der Waals surface area contributed by atoms with Gasteiger partial charge in [-0.1, -0.05) is 48.0 Å². The van der Waals surface area contributed by atoms with Crippen LogP contribution < -0.4 is 5.32 Å². The zero-order valence-electron chi connectivity index (χ0n) is 12.9. The van der Waals surface area contributed by atoms with Crippen LogP contribution in [0.25, 0.3) is 0 Å². The Balaban J connectivity index is 2.08. The van der Waals surface area contributed by atoms with Crippen molar-refractivity contribution in [3.8, 4) is 0 Å². The number of aromatic carboxylic acids is 1. The van der Waals surface area contributed by atoms with Gasteiger partial charge in [-0.2, -0.15) is 0 Å². The SMILES string of the molecule is CC(C)(C)c1nnc(CNC(=O)c2cc(Br)cc(C(=O)O)c2)s1. The molecular formula is C15H16BrN3O3S. The van der Waals surface area contributed by atoms with E-state index in [4.69, 9.17) is 5.11 Å². The molecule has 23 heavy (non-hydrogen) atoms. The van der Waals surface area contributed by atoms with Crippen molar-refractivity contribution in [2.24, 2.45) is 0 Å². The minimum absolute atomic E-state index is 0.0514. The Morgan fingerprint density at radius 1 is 1.22 bits per heavy atom. The van der Waals surface area contributed by atoms with Crippen LogP contribution in [0.1, 0.15) is 51.5 Å². The fraction of sp³-hybridized carbons (Fsp3) is 0.333. The predicted octanol–water partition coefficient (Wildman–Crippen LogP) is 3.23. The first-order chi connectivity index (χ1) is 10.7. The lowest BCUT2D eigenvalue weighted by atomic mass is 9.98. The number of amides is 1. The van der Waals surface area contributed by atoms with Crippen molar-refractivity contribution in [1.82, 2.24) is 15.5 Å². The Morgan fingerprint density at radius 2 is 1.87 bits per heavy atom. The van der Waals surface area contributed by atoms with Crippen molar-refractivity contribution in [2.75, 3.05) is 0 Å². The fourth-order valence-corrected chi connectivity index (χ4v) is 3.06. The molecule has 2 N–H and O–H groups in total. The molecule has 1 aromatic carbocycles. The highest BCUT2D eigenvalue weighted by atomic mass is 79.9. The molecule has 0 fully saturated rings. The van der Waals surface area contributed by atoms with Crippen molar-refractivity contribution < 1.29 is 14.7 Å². The van der Waals surface area contributed by atoms with Gasteiger partial charge in [0.1, 0.15) is 10.0 Å². The van der Waals surface area contributed by atoms with Gasteiger partial charge in [0.15, 0.2) is 0 Å². The lowest BCUT2D eigenvalue weighted by Crippen LogP contribution is -2.23. The number of nitrogens with one attached hydrogen (secondary N) is 1. The van der Waals surface area contributed by atoms with Gasteiger partial charge in [0.25, 0.3) is 5.91 Å². The van der Waals surface area contributed by atoms with Crippen LogP contribution >= 0.6 is 27.3 Å². The van der Waals surface area contributed by atoms with Crippen LogP contribution in [0.3, 0.4) is 0 Å². The van der Waals surface area contributed by atoms with E-state index in [1.165, 1.54) is 23.5 Å². The summed E-state index contributed by atoms with van der Waals surface area (Å²) >= 11 is 4.66. The number of hydrogen-bond acceptors (Lipinski definition) is 5. The predicted molar refractivity (Wildman–Crippen MR) is 90.9 cm³/mol. The van der Waals surface area contributed by atoms with Gasteiger partial charge in [0.05, 0.1) is 12.1 Å². The third-order valence-electron chi connectivity index (χ3n) is 2.92. The summed E-state index contributed by atoms with van der Waals surface area (Å²) in [5.41, 5.74) is 0.244. The van der Waals surface area contributed by atoms with Gasteiger partial charge in [0, 0.05) is 15.5 Å². The average Bonchev–Trinajstić information content (AvgIpc) is 2.93. The third kappa shape index (κ3) is 4.59. The van der Waals surface area contributed by atoms with E-state index < -0.39 is 5.97 Å². The summed E-state index contributed by atoms with van der Waals surface area (Å²) in [6.07, 6.45) is 0. The van der Waals surface area contributed by atoms with E-state index in [1.54, 1.807) is 6.07 Å². The van der Waals surface area contributed by atoms with Crippen molar-refractivity contribution in [3.05, 3.63) is 43.8 Å². The Morgan fingerprint density at radius 3 is 2.43 bits per heavy atom. The van der Waals surface area contributed by atoms with Gasteiger partial charge in [-0.25, -0.2) is 4.79 Å². The Hall–Kier alpha value is -1.80. The lowest BCUT2D eigenvalue weighted by Gasteiger charge is -2.12. The van der Waals surface area contributed by atoms with Gasteiger partial charge < -0.3 is 10.4 Å². The van der Waals surface area contributed by atoms with Crippen LogP contribution in [-0.4, -0.2) is 27.2 Å². The van der Waals surface area contributed by atoms with Crippen LogP contribution in [-0.2, 0) is 12.0 Å². The molecule has 0 radical (unpaired) electrons.